The normalized spacial score (nSPS) is 26.1. The molecule has 1 aliphatic heterocycles. The number of hydrogen-bond acceptors (Lipinski definition) is 3. The lowest BCUT2D eigenvalue weighted by molar-refractivity contribution is -0.118. The number of primary amides is 1. The van der Waals surface area contributed by atoms with Crippen molar-refractivity contribution in [1.82, 2.24) is 10.2 Å². The van der Waals surface area contributed by atoms with Crippen LogP contribution in [0, 0.1) is 0 Å². The molecule has 0 bridgehead atoms. The van der Waals surface area contributed by atoms with Gasteiger partial charge in [0.1, 0.15) is 0 Å². The first-order chi connectivity index (χ1) is 7.75. The van der Waals surface area contributed by atoms with Gasteiger partial charge in [-0.3, -0.25) is 9.69 Å². The molecule has 92 valence electrons. The van der Waals surface area contributed by atoms with Crippen LogP contribution in [0.1, 0.15) is 38.5 Å². The van der Waals surface area contributed by atoms with Crippen molar-refractivity contribution < 1.29 is 4.79 Å². The molecule has 0 aromatic rings. The lowest BCUT2D eigenvalue weighted by atomic mass is 10.2. The van der Waals surface area contributed by atoms with Gasteiger partial charge >= 0.3 is 0 Å². The third-order valence-electron chi connectivity index (χ3n) is 3.57. The molecule has 0 aromatic carbocycles. The smallest absolute Gasteiger partial charge is 0.217 e. The zero-order chi connectivity index (χ0) is 11.4. The number of hydrogen-bond donors (Lipinski definition) is 2. The molecule has 4 heteroatoms. The lowest BCUT2D eigenvalue weighted by Crippen LogP contribution is -2.33. The van der Waals surface area contributed by atoms with E-state index in [4.69, 9.17) is 5.73 Å². The van der Waals surface area contributed by atoms with E-state index in [1.165, 1.54) is 32.4 Å². The molecule has 1 aliphatic carbocycles. The Hall–Kier alpha value is -0.610. The SMILES string of the molecule is NC(=O)CCCCNC1CCN(C2CC2)C1. The number of rotatable bonds is 7. The van der Waals surface area contributed by atoms with Crippen LogP contribution in [-0.2, 0) is 4.79 Å². The molecule has 1 saturated carbocycles. The summed E-state index contributed by atoms with van der Waals surface area (Å²) < 4.78 is 0. The van der Waals surface area contributed by atoms with E-state index >= 15 is 0 Å². The van der Waals surface area contributed by atoms with E-state index in [2.05, 4.69) is 10.2 Å². The highest BCUT2D eigenvalue weighted by Gasteiger charge is 2.33. The van der Waals surface area contributed by atoms with Crippen molar-refractivity contribution in [1.29, 1.82) is 0 Å². The van der Waals surface area contributed by atoms with Crippen LogP contribution < -0.4 is 11.1 Å². The molecule has 4 nitrogen and oxygen atoms in total. The van der Waals surface area contributed by atoms with Gasteiger partial charge in [0, 0.05) is 31.6 Å². The summed E-state index contributed by atoms with van der Waals surface area (Å²) in [5, 5.41) is 3.57. The van der Waals surface area contributed by atoms with Crippen molar-refractivity contribution in [3.05, 3.63) is 0 Å². The summed E-state index contributed by atoms with van der Waals surface area (Å²) in [6.07, 6.45) is 6.60. The maximum absolute atomic E-state index is 10.5. The Balaban J connectivity index is 1.49. The molecule has 0 aromatic heterocycles. The Labute approximate surface area is 97.6 Å². The Morgan fingerprint density at radius 2 is 2.12 bits per heavy atom. The van der Waals surface area contributed by atoms with E-state index in [0.717, 1.165) is 25.4 Å². The summed E-state index contributed by atoms with van der Waals surface area (Å²) in [4.78, 5) is 13.2. The van der Waals surface area contributed by atoms with Crippen molar-refractivity contribution >= 4 is 5.91 Å². The van der Waals surface area contributed by atoms with Gasteiger partial charge in [-0.15, -0.1) is 0 Å². The first-order valence-corrected chi connectivity index (χ1v) is 6.51. The highest BCUT2D eigenvalue weighted by molar-refractivity contribution is 5.73. The van der Waals surface area contributed by atoms with Crippen LogP contribution in [0.4, 0.5) is 0 Å². The zero-order valence-electron chi connectivity index (χ0n) is 9.95. The highest BCUT2D eigenvalue weighted by atomic mass is 16.1. The largest absolute Gasteiger partial charge is 0.370 e. The maximum Gasteiger partial charge on any atom is 0.217 e. The fourth-order valence-electron chi connectivity index (χ4n) is 2.46. The minimum atomic E-state index is -0.180. The predicted molar refractivity (Wildman–Crippen MR) is 64.0 cm³/mol. The number of carbonyl (C=O) groups excluding carboxylic acids is 1. The van der Waals surface area contributed by atoms with Crippen molar-refractivity contribution in [2.75, 3.05) is 19.6 Å². The third kappa shape index (κ3) is 3.76. The number of carbonyl (C=O) groups is 1. The van der Waals surface area contributed by atoms with Crippen LogP contribution in [0.15, 0.2) is 0 Å². The van der Waals surface area contributed by atoms with Crippen molar-refractivity contribution in [2.45, 2.75) is 50.6 Å². The van der Waals surface area contributed by atoms with Crippen LogP contribution in [0.5, 0.6) is 0 Å². The average molecular weight is 225 g/mol. The molecule has 0 spiro atoms. The first kappa shape index (κ1) is 11.9. The zero-order valence-corrected chi connectivity index (χ0v) is 9.95. The second kappa shape index (κ2) is 5.64. The van der Waals surface area contributed by atoms with Crippen LogP contribution in [0.25, 0.3) is 0 Å². The quantitative estimate of drug-likeness (QED) is 0.619. The molecule has 1 unspecified atom stereocenters. The molecular formula is C12H23N3O. The lowest BCUT2D eigenvalue weighted by Gasteiger charge is -2.15. The van der Waals surface area contributed by atoms with Gasteiger partial charge in [-0.05, 0) is 38.6 Å². The fraction of sp³-hybridized carbons (Fsp3) is 0.917. The predicted octanol–water partition coefficient (Wildman–Crippen LogP) is 0.468. The van der Waals surface area contributed by atoms with E-state index in [0.29, 0.717) is 12.5 Å². The molecule has 0 radical (unpaired) electrons. The van der Waals surface area contributed by atoms with E-state index in [1.54, 1.807) is 0 Å². The molecule has 1 heterocycles. The second-order valence-corrected chi connectivity index (χ2v) is 5.09. The Morgan fingerprint density at radius 1 is 1.31 bits per heavy atom. The van der Waals surface area contributed by atoms with E-state index in [1.807, 2.05) is 0 Å². The molecule has 1 amide bonds. The monoisotopic (exact) mass is 225 g/mol. The third-order valence-corrected chi connectivity index (χ3v) is 3.57. The van der Waals surface area contributed by atoms with E-state index in [-0.39, 0.29) is 5.91 Å². The number of nitrogens with one attached hydrogen (secondary N) is 1. The van der Waals surface area contributed by atoms with Gasteiger partial charge in [-0.1, -0.05) is 0 Å². The minimum Gasteiger partial charge on any atom is -0.370 e. The van der Waals surface area contributed by atoms with Crippen LogP contribution in [0.2, 0.25) is 0 Å². The van der Waals surface area contributed by atoms with E-state index in [9.17, 15) is 4.79 Å². The number of likely N-dealkylation sites (tertiary alicyclic amines) is 1. The van der Waals surface area contributed by atoms with Gasteiger partial charge in [0.15, 0.2) is 0 Å². The summed E-state index contributed by atoms with van der Waals surface area (Å²) in [6.45, 7) is 3.51. The Morgan fingerprint density at radius 3 is 2.81 bits per heavy atom. The minimum absolute atomic E-state index is 0.180. The van der Waals surface area contributed by atoms with Crippen molar-refractivity contribution in [3.63, 3.8) is 0 Å². The maximum atomic E-state index is 10.5. The van der Waals surface area contributed by atoms with Gasteiger partial charge in [0.05, 0.1) is 0 Å². The summed E-state index contributed by atoms with van der Waals surface area (Å²) >= 11 is 0. The molecule has 1 atom stereocenters. The Bertz CT molecular complexity index is 240. The number of unbranched alkanes of at least 4 members (excludes halogenated alkanes) is 1. The van der Waals surface area contributed by atoms with Gasteiger partial charge in [0.25, 0.3) is 0 Å². The molecule has 1 saturated heterocycles. The molecule has 2 fully saturated rings. The van der Waals surface area contributed by atoms with Crippen LogP contribution in [0.3, 0.4) is 0 Å². The fourth-order valence-corrected chi connectivity index (χ4v) is 2.46. The molecule has 2 aliphatic rings. The first-order valence-electron chi connectivity index (χ1n) is 6.51. The number of amides is 1. The average Bonchev–Trinajstić information content (AvgIpc) is 2.99. The molecule has 3 N–H and O–H groups in total. The summed E-state index contributed by atoms with van der Waals surface area (Å²) in [5.41, 5.74) is 5.09. The number of nitrogens with two attached hydrogens (primary N) is 1. The van der Waals surface area contributed by atoms with Crippen molar-refractivity contribution in [3.8, 4) is 0 Å². The van der Waals surface area contributed by atoms with Gasteiger partial charge in [0.2, 0.25) is 5.91 Å². The Kier molecular flexibility index (Phi) is 4.18. The van der Waals surface area contributed by atoms with Gasteiger partial charge < -0.3 is 11.1 Å². The van der Waals surface area contributed by atoms with Gasteiger partial charge in [-0.2, -0.15) is 0 Å². The summed E-state index contributed by atoms with van der Waals surface area (Å²) in [7, 11) is 0. The summed E-state index contributed by atoms with van der Waals surface area (Å²) in [5.74, 6) is -0.180. The number of nitrogens with zero attached hydrogens (tertiary/aromatic N) is 1. The second-order valence-electron chi connectivity index (χ2n) is 5.09. The highest BCUT2D eigenvalue weighted by Crippen LogP contribution is 2.29. The van der Waals surface area contributed by atoms with Crippen molar-refractivity contribution in [2.24, 2.45) is 5.73 Å². The van der Waals surface area contributed by atoms with Gasteiger partial charge in [-0.25, -0.2) is 0 Å². The summed E-state index contributed by atoms with van der Waals surface area (Å²) in [6, 6.07) is 1.58. The van der Waals surface area contributed by atoms with Crippen LogP contribution in [-0.4, -0.2) is 42.5 Å². The van der Waals surface area contributed by atoms with E-state index < -0.39 is 0 Å². The topological polar surface area (TPSA) is 58.4 Å². The molecular weight excluding hydrogens is 202 g/mol. The standard InChI is InChI=1S/C12H23N3O/c13-12(16)3-1-2-7-14-10-6-8-15(9-10)11-4-5-11/h10-11,14H,1-9H2,(H2,13,16). The molecule has 2 rings (SSSR count). The van der Waals surface area contributed by atoms with Crippen LogP contribution >= 0.6 is 0 Å². The molecule has 16 heavy (non-hydrogen) atoms.